The molecule has 0 heterocycles. The van der Waals surface area contributed by atoms with Crippen LogP contribution in [0.3, 0.4) is 0 Å². The number of nitrogens with one attached hydrogen (secondary N) is 1. The van der Waals surface area contributed by atoms with Crippen molar-refractivity contribution in [1.82, 2.24) is 10.2 Å². The molecule has 0 fully saturated rings. The normalized spacial score (nSPS) is 11.8. The van der Waals surface area contributed by atoms with Crippen LogP contribution in [0.2, 0.25) is 10.0 Å². The molecule has 1 amide bonds. The van der Waals surface area contributed by atoms with Gasteiger partial charge >= 0.3 is 0 Å². The maximum Gasteiger partial charge on any atom is 0.221 e. The van der Waals surface area contributed by atoms with Gasteiger partial charge in [-0.2, -0.15) is 0 Å². The largest absolute Gasteiger partial charge is 0.327 e. The predicted molar refractivity (Wildman–Crippen MR) is 104 cm³/mol. The maximum atomic E-state index is 12.3. The molecule has 0 radical (unpaired) electrons. The molecule has 0 aromatic heterocycles. The Morgan fingerprint density at radius 2 is 1.96 bits per heavy atom. The third-order valence-corrected chi connectivity index (χ3v) is 3.91. The summed E-state index contributed by atoms with van der Waals surface area (Å²) in [7, 11) is 1.83. The highest BCUT2D eigenvalue weighted by Crippen LogP contribution is 2.22. The SMILES string of the molecule is C=C(/C=C\C(=C/C)NC(C)=O)C(=O)CN(C)Cc1ccc(Cl)cc1Cl. The zero-order valence-corrected chi connectivity index (χ0v) is 16.1. The maximum absolute atomic E-state index is 12.3. The van der Waals surface area contributed by atoms with Gasteiger partial charge in [0.25, 0.3) is 0 Å². The highest BCUT2D eigenvalue weighted by Gasteiger charge is 2.11. The number of nitrogens with zero attached hydrogens (tertiary/aromatic N) is 1. The van der Waals surface area contributed by atoms with Crippen molar-refractivity contribution in [3.05, 3.63) is 69.9 Å². The van der Waals surface area contributed by atoms with Crippen molar-refractivity contribution in [2.24, 2.45) is 0 Å². The quantitative estimate of drug-likeness (QED) is 0.544. The van der Waals surface area contributed by atoms with Gasteiger partial charge in [0, 0.05) is 34.8 Å². The molecule has 1 N–H and O–H groups in total. The van der Waals surface area contributed by atoms with Crippen LogP contribution in [0.5, 0.6) is 0 Å². The summed E-state index contributed by atoms with van der Waals surface area (Å²) in [6.45, 7) is 7.72. The van der Waals surface area contributed by atoms with Crippen LogP contribution < -0.4 is 5.32 Å². The predicted octanol–water partition coefficient (Wildman–Crippen LogP) is 4.15. The molecule has 134 valence electrons. The number of rotatable bonds is 8. The third kappa shape index (κ3) is 7.69. The van der Waals surface area contributed by atoms with Crippen molar-refractivity contribution in [2.45, 2.75) is 20.4 Å². The van der Waals surface area contributed by atoms with Crippen molar-refractivity contribution in [1.29, 1.82) is 0 Å². The van der Waals surface area contributed by atoms with Crippen LogP contribution in [0.15, 0.2) is 54.3 Å². The number of likely N-dealkylation sites (N-methyl/N-ethyl adjacent to an activating group) is 1. The van der Waals surface area contributed by atoms with Crippen molar-refractivity contribution < 1.29 is 9.59 Å². The second kappa shape index (κ2) is 10.2. The van der Waals surface area contributed by atoms with Gasteiger partial charge in [-0.3, -0.25) is 14.5 Å². The number of allylic oxidation sites excluding steroid dienone is 3. The first-order valence-electron chi connectivity index (χ1n) is 7.69. The number of Topliss-reactive ketones (excluding diaryl/α,β-unsaturated/α-hetero) is 1. The lowest BCUT2D eigenvalue weighted by Crippen LogP contribution is -2.26. The molecule has 0 saturated carbocycles. The van der Waals surface area contributed by atoms with E-state index in [1.165, 1.54) is 6.92 Å². The number of carbonyl (C=O) groups is 2. The molecule has 0 atom stereocenters. The van der Waals surface area contributed by atoms with Gasteiger partial charge in [-0.25, -0.2) is 0 Å². The summed E-state index contributed by atoms with van der Waals surface area (Å²) in [5.74, 6) is -0.281. The molecule has 1 rings (SSSR count). The standard InChI is InChI=1S/C19H22Cl2N2O2/c1-5-17(22-14(3)24)9-6-13(2)19(25)12-23(4)11-15-7-8-16(20)10-18(15)21/h5-10H,2,11-12H2,1,3-4H3,(H,22,24)/b9-6-,17-5+. The molecule has 4 nitrogen and oxygen atoms in total. The van der Waals surface area contributed by atoms with E-state index in [0.717, 1.165) is 5.56 Å². The zero-order chi connectivity index (χ0) is 19.0. The number of hydrogen-bond acceptors (Lipinski definition) is 3. The summed E-state index contributed by atoms with van der Waals surface area (Å²) in [5.41, 5.74) is 1.87. The first-order chi connectivity index (χ1) is 11.7. The highest BCUT2D eigenvalue weighted by atomic mass is 35.5. The molecule has 0 aliphatic rings. The minimum atomic E-state index is -0.172. The fourth-order valence-corrected chi connectivity index (χ4v) is 2.51. The number of benzene rings is 1. The van der Waals surface area contributed by atoms with Crippen LogP contribution in [-0.2, 0) is 16.1 Å². The number of amides is 1. The molecule has 0 saturated heterocycles. The van der Waals surface area contributed by atoms with Crippen LogP contribution >= 0.6 is 23.2 Å². The summed E-state index contributed by atoms with van der Waals surface area (Å²) < 4.78 is 0. The Hall–Kier alpha value is -1.88. The molecule has 0 spiro atoms. The minimum Gasteiger partial charge on any atom is -0.327 e. The van der Waals surface area contributed by atoms with Gasteiger partial charge in [-0.1, -0.05) is 41.9 Å². The Labute approximate surface area is 158 Å². The first kappa shape index (κ1) is 21.2. The molecular formula is C19H22Cl2N2O2. The number of ketones is 1. The van der Waals surface area contributed by atoms with Crippen molar-refractivity contribution >= 4 is 34.9 Å². The number of hydrogen-bond donors (Lipinski definition) is 1. The Morgan fingerprint density at radius 1 is 1.28 bits per heavy atom. The summed E-state index contributed by atoms with van der Waals surface area (Å²) in [5, 5.41) is 3.80. The lowest BCUT2D eigenvalue weighted by molar-refractivity contribution is -0.118. The van der Waals surface area contributed by atoms with Gasteiger partial charge in [-0.05, 0) is 43.8 Å². The lowest BCUT2D eigenvalue weighted by Gasteiger charge is -2.17. The Balaban J connectivity index is 2.62. The van der Waals surface area contributed by atoms with E-state index in [1.54, 1.807) is 37.3 Å². The van der Waals surface area contributed by atoms with E-state index >= 15 is 0 Å². The monoisotopic (exact) mass is 380 g/mol. The first-order valence-corrected chi connectivity index (χ1v) is 8.45. The highest BCUT2D eigenvalue weighted by molar-refractivity contribution is 6.35. The smallest absolute Gasteiger partial charge is 0.221 e. The summed E-state index contributed by atoms with van der Waals surface area (Å²) in [6, 6.07) is 5.28. The van der Waals surface area contributed by atoms with Crippen LogP contribution in [0.25, 0.3) is 0 Å². The van der Waals surface area contributed by atoms with Crippen molar-refractivity contribution in [3.63, 3.8) is 0 Å². The van der Waals surface area contributed by atoms with E-state index in [1.807, 2.05) is 18.0 Å². The van der Waals surface area contributed by atoms with Gasteiger partial charge in [0.2, 0.25) is 5.91 Å². The Morgan fingerprint density at radius 3 is 2.52 bits per heavy atom. The molecule has 0 unspecified atom stereocenters. The van der Waals surface area contributed by atoms with Crippen molar-refractivity contribution in [3.8, 4) is 0 Å². The van der Waals surface area contributed by atoms with E-state index < -0.39 is 0 Å². The van der Waals surface area contributed by atoms with E-state index in [-0.39, 0.29) is 18.2 Å². The second-order valence-corrected chi connectivity index (χ2v) is 6.46. The van der Waals surface area contributed by atoms with E-state index in [2.05, 4.69) is 11.9 Å². The molecule has 0 bridgehead atoms. The Kier molecular flexibility index (Phi) is 8.62. The summed E-state index contributed by atoms with van der Waals surface area (Å²) in [6.07, 6.45) is 4.98. The van der Waals surface area contributed by atoms with Gasteiger partial charge < -0.3 is 5.32 Å². The molecule has 0 aliphatic heterocycles. The third-order valence-electron chi connectivity index (χ3n) is 3.32. The van der Waals surface area contributed by atoms with Gasteiger partial charge in [0.1, 0.15) is 0 Å². The summed E-state index contributed by atoms with van der Waals surface area (Å²) in [4.78, 5) is 25.2. The van der Waals surface area contributed by atoms with E-state index in [0.29, 0.717) is 27.9 Å². The van der Waals surface area contributed by atoms with Crippen LogP contribution in [0, 0.1) is 0 Å². The molecule has 1 aromatic carbocycles. The van der Waals surface area contributed by atoms with Crippen LogP contribution in [0.1, 0.15) is 19.4 Å². The number of halogens is 2. The number of carbonyl (C=O) groups excluding carboxylic acids is 2. The fraction of sp³-hybridized carbons (Fsp3) is 0.263. The average molecular weight is 381 g/mol. The van der Waals surface area contributed by atoms with Crippen molar-refractivity contribution in [2.75, 3.05) is 13.6 Å². The Bertz CT molecular complexity index is 724. The van der Waals surface area contributed by atoms with Gasteiger partial charge in [0.05, 0.1) is 6.54 Å². The van der Waals surface area contributed by atoms with E-state index in [4.69, 9.17) is 23.2 Å². The molecule has 6 heteroatoms. The second-order valence-electron chi connectivity index (χ2n) is 5.61. The minimum absolute atomic E-state index is 0.109. The van der Waals surface area contributed by atoms with Gasteiger partial charge in [0.15, 0.2) is 5.78 Å². The summed E-state index contributed by atoms with van der Waals surface area (Å²) >= 11 is 12.0. The molecule has 1 aromatic rings. The van der Waals surface area contributed by atoms with Crippen LogP contribution in [-0.4, -0.2) is 30.2 Å². The van der Waals surface area contributed by atoms with E-state index in [9.17, 15) is 9.59 Å². The topological polar surface area (TPSA) is 49.4 Å². The van der Waals surface area contributed by atoms with Crippen LogP contribution in [0.4, 0.5) is 0 Å². The fourth-order valence-electron chi connectivity index (χ4n) is 2.04. The molecular weight excluding hydrogens is 359 g/mol. The zero-order valence-electron chi connectivity index (χ0n) is 14.6. The average Bonchev–Trinajstić information content (AvgIpc) is 2.53. The molecule has 0 aliphatic carbocycles. The molecule has 25 heavy (non-hydrogen) atoms. The lowest BCUT2D eigenvalue weighted by atomic mass is 10.1. The van der Waals surface area contributed by atoms with Gasteiger partial charge in [-0.15, -0.1) is 0 Å².